The minimum Gasteiger partial charge on any atom is -0.504 e. The molecule has 0 aliphatic carbocycles. The average Bonchev–Trinajstić information content (AvgIpc) is 2.41. The lowest BCUT2D eigenvalue weighted by atomic mass is 10.1. The predicted octanol–water partition coefficient (Wildman–Crippen LogP) is 0.455. The Kier molecular flexibility index (Phi) is 3.57. The maximum Gasteiger partial charge on any atom is 0.256 e. The Balaban J connectivity index is 2.27. The average molecular weight is 252 g/mol. The number of hydrogen-bond donors (Lipinski definition) is 2. The fourth-order valence-electron chi connectivity index (χ4n) is 1.87. The Morgan fingerprint density at radius 1 is 1.44 bits per heavy atom. The van der Waals surface area contributed by atoms with Crippen LogP contribution in [0.15, 0.2) is 12.1 Å². The van der Waals surface area contributed by atoms with Gasteiger partial charge in [-0.2, -0.15) is 0 Å². The number of nitrogen functional groups attached to an aromatic ring is 1. The summed E-state index contributed by atoms with van der Waals surface area (Å²) in [7, 11) is 1.43. The van der Waals surface area contributed by atoms with E-state index in [-0.39, 0.29) is 23.0 Å². The second-order valence-electron chi connectivity index (χ2n) is 4.02. The van der Waals surface area contributed by atoms with Gasteiger partial charge in [-0.05, 0) is 6.07 Å². The predicted molar refractivity (Wildman–Crippen MR) is 65.8 cm³/mol. The first kappa shape index (κ1) is 12.5. The van der Waals surface area contributed by atoms with Crippen LogP contribution in [-0.2, 0) is 4.74 Å². The van der Waals surface area contributed by atoms with Crippen molar-refractivity contribution in [3.05, 3.63) is 17.7 Å². The molecule has 1 aliphatic heterocycles. The summed E-state index contributed by atoms with van der Waals surface area (Å²) in [6.45, 7) is 2.11. The SMILES string of the molecule is COc1cc(N)c(C(=O)N2CCOCC2)cc1O. The fourth-order valence-corrected chi connectivity index (χ4v) is 1.87. The summed E-state index contributed by atoms with van der Waals surface area (Å²) in [6, 6.07) is 2.79. The van der Waals surface area contributed by atoms with E-state index >= 15 is 0 Å². The number of phenolic OH excluding ortho intramolecular Hbond substituents is 1. The molecule has 0 saturated carbocycles. The van der Waals surface area contributed by atoms with E-state index in [1.807, 2.05) is 0 Å². The molecule has 6 nitrogen and oxygen atoms in total. The van der Waals surface area contributed by atoms with Crippen molar-refractivity contribution >= 4 is 11.6 Å². The van der Waals surface area contributed by atoms with Crippen molar-refractivity contribution < 1.29 is 19.4 Å². The Morgan fingerprint density at radius 2 is 2.11 bits per heavy atom. The molecular weight excluding hydrogens is 236 g/mol. The largest absolute Gasteiger partial charge is 0.504 e. The number of carbonyl (C=O) groups is 1. The molecule has 98 valence electrons. The molecule has 1 fully saturated rings. The molecule has 0 bridgehead atoms. The zero-order valence-electron chi connectivity index (χ0n) is 10.2. The molecule has 0 aromatic heterocycles. The van der Waals surface area contributed by atoms with Gasteiger partial charge in [0.2, 0.25) is 0 Å². The Bertz CT molecular complexity index is 456. The number of amides is 1. The number of hydrogen-bond acceptors (Lipinski definition) is 5. The lowest BCUT2D eigenvalue weighted by Gasteiger charge is -2.27. The number of rotatable bonds is 2. The number of nitrogens with zero attached hydrogens (tertiary/aromatic N) is 1. The molecule has 0 spiro atoms. The second-order valence-corrected chi connectivity index (χ2v) is 4.02. The van der Waals surface area contributed by atoms with Crippen molar-refractivity contribution in [1.29, 1.82) is 0 Å². The van der Waals surface area contributed by atoms with Crippen LogP contribution in [0.3, 0.4) is 0 Å². The van der Waals surface area contributed by atoms with Crippen molar-refractivity contribution in [3.63, 3.8) is 0 Å². The van der Waals surface area contributed by atoms with Crippen molar-refractivity contribution in [2.45, 2.75) is 0 Å². The zero-order valence-corrected chi connectivity index (χ0v) is 10.2. The van der Waals surface area contributed by atoms with E-state index in [1.54, 1.807) is 4.90 Å². The van der Waals surface area contributed by atoms with Crippen LogP contribution < -0.4 is 10.5 Å². The molecule has 2 rings (SSSR count). The number of anilines is 1. The van der Waals surface area contributed by atoms with E-state index in [0.717, 1.165) is 0 Å². The lowest BCUT2D eigenvalue weighted by Crippen LogP contribution is -2.40. The zero-order chi connectivity index (χ0) is 13.1. The Morgan fingerprint density at radius 3 is 2.72 bits per heavy atom. The van der Waals surface area contributed by atoms with Crippen LogP contribution in [0.2, 0.25) is 0 Å². The molecule has 1 saturated heterocycles. The van der Waals surface area contributed by atoms with Gasteiger partial charge in [-0.3, -0.25) is 4.79 Å². The fraction of sp³-hybridized carbons (Fsp3) is 0.417. The summed E-state index contributed by atoms with van der Waals surface area (Å²) in [5, 5.41) is 9.69. The van der Waals surface area contributed by atoms with Crippen molar-refractivity contribution in [3.8, 4) is 11.5 Å². The van der Waals surface area contributed by atoms with Crippen molar-refractivity contribution in [2.75, 3.05) is 39.1 Å². The van der Waals surface area contributed by atoms with Gasteiger partial charge < -0.3 is 25.2 Å². The second kappa shape index (κ2) is 5.14. The molecule has 3 N–H and O–H groups in total. The van der Waals surface area contributed by atoms with E-state index in [1.165, 1.54) is 19.2 Å². The topological polar surface area (TPSA) is 85.0 Å². The lowest BCUT2D eigenvalue weighted by molar-refractivity contribution is 0.0303. The minimum absolute atomic E-state index is 0.0942. The summed E-state index contributed by atoms with van der Waals surface area (Å²) < 4.78 is 10.1. The number of aromatic hydroxyl groups is 1. The van der Waals surface area contributed by atoms with Crippen LogP contribution in [0.4, 0.5) is 5.69 Å². The highest BCUT2D eigenvalue weighted by atomic mass is 16.5. The molecule has 0 atom stereocenters. The van der Waals surface area contributed by atoms with Gasteiger partial charge in [0.15, 0.2) is 11.5 Å². The molecule has 0 unspecified atom stereocenters. The molecule has 1 aliphatic rings. The van der Waals surface area contributed by atoms with Crippen LogP contribution in [0.5, 0.6) is 11.5 Å². The van der Waals surface area contributed by atoms with Crippen LogP contribution in [0, 0.1) is 0 Å². The highest BCUT2D eigenvalue weighted by molar-refractivity contribution is 6.00. The molecule has 1 heterocycles. The molecule has 1 amide bonds. The van der Waals surface area contributed by atoms with Gasteiger partial charge in [0.1, 0.15) is 0 Å². The summed E-state index contributed by atoms with van der Waals surface area (Å²) in [5.41, 5.74) is 6.38. The standard InChI is InChI=1S/C12H16N2O4/c1-17-11-7-9(13)8(6-10(11)15)12(16)14-2-4-18-5-3-14/h6-7,15H,2-5,13H2,1H3. The van der Waals surface area contributed by atoms with Crippen LogP contribution in [0.1, 0.15) is 10.4 Å². The van der Waals surface area contributed by atoms with Crippen molar-refractivity contribution in [2.24, 2.45) is 0 Å². The molecule has 1 aromatic rings. The number of nitrogens with two attached hydrogens (primary N) is 1. The summed E-state index contributed by atoms with van der Waals surface area (Å²) in [4.78, 5) is 13.9. The monoisotopic (exact) mass is 252 g/mol. The third kappa shape index (κ3) is 2.33. The first-order chi connectivity index (χ1) is 8.63. The normalized spacial score (nSPS) is 15.5. The number of carbonyl (C=O) groups excluding carboxylic acids is 1. The van der Waals surface area contributed by atoms with Gasteiger partial charge in [0, 0.05) is 24.8 Å². The van der Waals surface area contributed by atoms with Gasteiger partial charge in [-0.15, -0.1) is 0 Å². The molecule has 18 heavy (non-hydrogen) atoms. The van der Waals surface area contributed by atoms with E-state index < -0.39 is 0 Å². The highest BCUT2D eigenvalue weighted by Crippen LogP contribution is 2.31. The van der Waals surface area contributed by atoms with Crippen LogP contribution in [-0.4, -0.2) is 49.3 Å². The quantitative estimate of drug-likeness (QED) is 0.590. The van der Waals surface area contributed by atoms with Gasteiger partial charge in [0.05, 0.1) is 25.9 Å². The summed E-state index contributed by atoms with van der Waals surface area (Å²) in [5.74, 6) is -0.0388. The maximum atomic E-state index is 12.2. The Hall–Kier alpha value is -1.95. The molecule has 0 radical (unpaired) electrons. The maximum absolute atomic E-state index is 12.2. The summed E-state index contributed by atoms with van der Waals surface area (Å²) in [6.07, 6.45) is 0. The Labute approximate surface area is 105 Å². The van der Waals surface area contributed by atoms with Gasteiger partial charge in [-0.1, -0.05) is 0 Å². The third-order valence-corrected chi connectivity index (χ3v) is 2.88. The highest BCUT2D eigenvalue weighted by Gasteiger charge is 2.22. The minimum atomic E-state index is -0.200. The molecular formula is C12H16N2O4. The van der Waals surface area contributed by atoms with Gasteiger partial charge in [-0.25, -0.2) is 0 Å². The van der Waals surface area contributed by atoms with Gasteiger partial charge in [0.25, 0.3) is 5.91 Å². The number of methoxy groups -OCH3 is 1. The first-order valence-corrected chi connectivity index (χ1v) is 5.67. The molecule has 1 aromatic carbocycles. The van der Waals surface area contributed by atoms with Gasteiger partial charge >= 0.3 is 0 Å². The first-order valence-electron chi connectivity index (χ1n) is 5.67. The molecule has 6 heteroatoms. The third-order valence-electron chi connectivity index (χ3n) is 2.88. The number of phenols is 1. The number of morpholine rings is 1. The summed E-state index contributed by atoms with van der Waals surface area (Å²) >= 11 is 0. The smallest absolute Gasteiger partial charge is 0.256 e. The van der Waals surface area contributed by atoms with E-state index in [2.05, 4.69) is 0 Å². The van der Waals surface area contributed by atoms with E-state index in [0.29, 0.717) is 32.0 Å². The number of ether oxygens (including phenoxy) is 2. The van der Waals surface area contributed by atoms with E-state index in [4.69, 9.17) is 15.2 Å². The van der Waals surface area contributed by atoms with Crippen LogP contribution in [0.25, 0.3) is 0 Å². The number of benzene rings is 1. The van der Waals surface area contributed by atoms with E-state index in [9.17, 15) is 9.90 Å². The van der Waals surface area contributed by atoms with Crippen LogP contribution >= 0.6 is 0 Å². The van der Waals surface area contributed by atoms with Crippen molar-refractivity contribution in [1.82, 2.24) is 4.90 Å².